The molecule has 100 valence electrons. The average Bonchev–Trinajstić information content (AvgIpc) is 2.95. The highest BCUT2D eigenvalue weighted by molar-refractivity contribution is 7.13. The molecule has 0 aliphatic rings. The largest absolute Gasteiger partial charge is 0.365 e. The van der Waals surface area contributed by atoms with E-state index in [4.69, 9.17) is 6.42 Å². The molecule has 0 spiro atoms. The third kappa shape index (κ3) is 4.30. The van der Waals surface area contributed by atoms with Crippen molar-refractivity contribution in [1.82, 2.24) is 0 Å². The van der Waals surface area contributed by atoms with Gasteiger partial charge in [0.25, 0.3) is 0 Å². The van der Waals surface area contributed by atoms with Crippen molar-refractivity contribution in [3.8, 4) is 17.8 Å². The van der Waals surface area contributed by atoms with Gasteiger partial charge in [0.15, 0.2) is 0 Å². The first-order chi connectivity index (χ1) is 9.81. The average molecular weight is 277 g/mol. The lowest BCUT2D eigenvalue weighted by Crippen LogP contribution is -1.85. The first-order valence-electron chi connectivity index (χ1n) is 6.95. The third-order valence-electron chi connectivity index (χ3n) is 3.08. The molecule has 0 fully saturated rings. The van der Waals surface area contributed by atoms with Gasteiger partial charge in [-0.25, -0.2) is 11.3 Å². The highest BCUT2D eigenvalue weighted by Crippen LogP contribution is 2.14. The first-order valence-corrected chi connectivity index (χ1v) is 7.77. The Hall–Kier alpha value is -1.96. The SMILES string of the molecule is [C-]#Cc1ccc(C#Cc2ccc(CCCCC)cc2)s1. The highest BCUT2D eigenvalue weighted by atomic mass is 32.1. The van der Waals surface area contributed by atoms with Crippen LogP contribution in [0.2, 0.25) is 0 Å². The van der Waals surface area contributed by atoms with Crippen LogP contribution in [-0.4, -0.2) is 0 Å². The minimum atomic E-state index is 0.820. The van der Waals surface area contributed by atoms with E-state index < -0.39 is 0 Å². The van der Waals surface area contributed by atoms with Gasteiger partial charge in [0, 0.05) is 5.56 Å². The summed E-state index contributed by atoms with van der Waals surface area (Å²) in [5.41, 5.74) is 2.43. The second-order valence-corrected chi connectivity index (χ2v) is 5.78. The van der Waals surface area contributed by atoms with Crippen LogP contribution < -0.4 is 0 Å². The van der Waals surface area contributed by atoms with Crippen molar-refractivity contribution in [1.29, 1.82) is 0 Å². The molecule has 0 saturated heterocycles. The van der Waals surface area contributed by atoms with Crippen LogP contribution in [-0.2, 0) is 6.42 Å². The van der Waals surface area contributed by atoms with Crippen LogP contribution in [0.5, 0.6) is 0 Å². The predicted octanol–water partition coefficient (Wildman–Crippen LogP) is 4.82. The van der Waals surface area contributed by atoms with Gasteiger partial charge in [-0.05, 0) is 30.5 Å². The first kappa shape index (κ1) is 14.4. The smallest absolute Gasteiger partial charge is 0.0590 e. The van der Waals surface area contributed by atoms with Crippen molar-refractivity contribution < 1.29 is 0 Å². The van der Waals surface area contributed by atoms with E-state index in [1.54, 1.807) is 0 Å². The van der Waals surface area contributed by atoms with E-state index in [1.165, 1.54) is 36.2 Å². The third-order valence-corrected chi connectivity index (χ3v) is 4.00. The molecule has 0 aliphatic heterocycles. The molecular formula is C19H17S-. The zero-order valence-electron chi connectivity index (χ0n) is 11.7. The Labute approximate surface area is 125 Å². The van der Waals surface area contributed by atoms with E-state index in [0.717, 1.165) is 21.7 Å². The predicted molar refractivity (Wildman–Crippen MR) is 86.2 cm³/mol. The van der Waals surface area contributed by atoms with Gasteiger partial charge in [0.1, 0.15) is 0 Å². The maximum Gasteiger partial charge on any atom is 0.0590 e. The minimum Gasteiger partial charge on any atom is -0.365 e. The Balaban J connectivity index is 1.99. The number of thiophene rings is 1. The van der Waals surface area contributed by atoms with Gasteiger partial charge in [0.2, 0.25) is 0 Å². The molecule has 0 radical (unpaired) electrons. The van der Waals surface area contributed by atoms with Crippen LogP contribution >= 0.6 is 11.3 Å². The summed E-state index contributed by atoms with van der Waals surface area (Å²) in [5.74, 6) is 8.67. The van der Waals surface area contributed by atoms with Crippen LogP contribution in [0.15, 0.2) is 36.4 Å². The number of unbranched alkanes of at least 4 members (excludes halogenated alkanes) is 2. The lowest BCUT2D eigenvalue weighted by molar-refractivity contribution is 0.717. The fourth-order valence-corrected chi connectivity index (χ4v) is 2.60. The summed E-state index contributed by atoms with van der Waals surface area (Å²) in [6.07, 6.45) is 12.0. The quantitative estimate of drug-likeness (QED) is 0.427. The van der Waals surface area contributed by atoms with Gasteiger partial charge < -0.3 is 6.42 Å². The summed E-state index contributed by atoms with van der Waals surface area (Å²) in [7, 11) is 0. The molecule has 0 saturated carbocycles. The van der Waals surface area contributed by atoms with Crippen molar-refractivity contribution in [3.05, 3.63) is 63.7 Å². The fraction of sp³-hybridized carbons (Fsp3) is 0.263. The maximum absolute atomic E-state index is 7.06. The van der Waals surface area contributed by atoms with Gasteiger partial charge in [-0.2, -0.15) is 0 Å². The molecule has 1 heteroatoms. The second kappa shape index (κ2) is 7.59. The van der Waals surface area contributed by atoms with E-state index in [9.17, 15) is 0 Å². The summed E-state index contributed by atoms with van der Waals surface area (Å²) in [5, 5.41) is 0. The Morgan fingerprint density at radius 2 is 1.70 bits per heavy atom. The van der Waals surface area contributed by atoms with Crippen molar-refractivity contribution >= 4 is 11.3 Å². The minimum absolute atomic E-state index is 0.820. The maximum atomic E-state index is 7.06. The molecule has 0 aliphatic carbocycles. The molecule has 0 atom stereocenters. The molecular weight excluding hydrogens is 260 g/mol. The molecule has 0 bridgehead atoms. The molecule has 20 heavy (non-hydrogen) atoms. The van der Waals surface area contributed by atoms with Gasteiger partial charge in [-0.15, -0.1) is 6.07 Å². The van der Waals surface area contributed by atoms with E-state index in [-0.39, 0.29) is 0 Å². The van der Waals surface area contributed by atoms with Crippen LogP contribution in [0, 0.1) is 24.2 Å². The number of hydrogen-bond donors (Lipinski definition) is 0. The van der Waals surface area contributed by atoms with Crippen molar-refractivity contribution in [3.63, 3.8) is 0 Å². The lowest BCUT2D eigenvalue weighted by Gasteiger charge is -2.00. The van der Waals surface area contributed by atoms with Gasteiger partial charge >= 0.3 is 0 Å². The normalized spacial score (nSPS) is 9.60. The zero-order chi connectivity index (χ0) is 14.2. The summed E-state index contributed by atoms with van der Waals surface area (Å²) in [6, 6.07) is 12.3. The van der Waals surface area contributed by atoms with Crippen LogP contribution in [0.1, 0.15) is 47.1 Å². The number of benzene rings is 1. The Morgan fingerprint density at radius 3 is 2.35 bits per heavy atom. The van der Waals surface area contributed by atoms with Crippen LogP contribution in [0.3, 0.4) is 0 Å². The second-order valence-electron chi connectivity index (χ2n) is 4.69. The van der Waals surface area contributed by atoms with Crippen LogP contribution in [0.25, 0.3) is 0 Å². The van der Waals surface area contributed by atoms with E-state index >= 15 is 0 Å². The topological polar surface area (TPSA) is 0 Å². The molecule has 2 rings (SSSR count). The Morgan fingerprint density at radius 1 is 0.950 bits per heavy atom. The van der Waals surface area contributed by atoms with E-state index in [1.807, 2.05) is 12.1 Å². The summed E-state index contributed by atoms with van der Waals surface area (Å²) in [6.45, 7) is 2.23. The number of aryl methyl sites for hydroxylation is 1. The van der Waals surface area contributed by atoms with E-state index in [0.29, 0.717) is 0 Å². The fourth-order valence-electron chi connectivity index (χ4n) is 1.94. The molecule has 1 aromatic heterocycles. The number of hydrogen-bond acceptors (Lipinski definition) is 1. The van der Waals surface area contributed by atoms with Crippen LogP contribution in [0.4, 0.5) is 0 Å². The molecule has 0 amide bonds. The van der Waals surface area contributed by atoms with Crippen molar-refractivity contribution in [2.75, 3.05) is 0 Å². The lowest BCUT2D eigenvalue weighted by atomic mass is 10.1. The standard InChI is InChI=1S/C19H17S/c1-3-5-6-7-16-8-10-17(11-9-16)12-13-19-15-14-18(4-2)20-19/h8-11,14-15H,3,5-7H2,1H3/q-1. The summed E-state index contributed by atoms with van der Waals surface area (Å²) >= 11 is 1.50. The number of rotatable bonds is 4. The molecule has 0 N–H and O–H groups in total. The summed E-state index contributed by atoms with van der Waals surface area (Å²) < 4.78 is 0. The molecule has 0 unspecified atom stereocenters. The summed E-state index contributed by atoms with van der Waals surface area (Å²) in [4.78, 5) is 1.80. The van der Waals surface area contributed by atoms with Crippen molar-refractivity contribution in [2.24, 2.45) is 0 Å². The molecule has 0 nitrogen and oxygen atoms in total. The monoisotopic (exact) mass is 277 g/mol. The van der Waals surface area contributed by atoms with Gasteiger partial charge in [-0.3, -0.25) is 5.92 Å². The Bertz CT molecular complexity index is 642. The molecule has 1 heterocycles. The van der Waals surface area contributed by atoms with Gasteiger partial charge in [-0.1, -0.05) is 54.7 Å². The molecule has 1 aromatic carbocycles. The zero-order valence-corrected chi connectivity index (χ0v) is 12.5. The molecule has 2 aromatic rings. The van der Waals surface area contributed by atoms with E-state index in [2.05, 4.69) is 49.0 Å². The van der Waals surface area contributed by atoms with Gasteiger partial charge in [0.05, 0.1) is 4.88 Å². The highest BCUT2D eigenvalue weighted by Gasteiger charge is 1.93. The Kier molecular flexibility index (Phi) is 5.48. The van der Waals surface area contributed by atoms with Crippen molar-refractivity contribution in [2.45, 2.75) is 32.6 Å².